The average molecular weight is 453 g/mol. The van der Waals surface area contributed by atoms with Gasteiger partial charge >= 0.3 is 0 Å². The molecule has 174 valence electrons. The van der Waals surface area contributed by atoms with Crippen LogP contribution in [0.3, 0.4) is 0 Å². The first-order valence-corrected chi connectivity index (χ1v) is 12.0. The van der Waals surface area contributed by atoms with E-state index >= 15 is 0 Å². The van der Waals surface area contributed by atoms with Gasteiger partial charge in [-0.25, -0.2) is 0 Å². The van der Waals surface area contributed by atoms with Crippen molar-refractivity contribution >= 4 is 22.7 Å². The van der Waals surface area contributed by atoms with Gasteiger partial charge in [0.1, 0.15) is 5.75 Å². The maximum Gasteiger partial charge on any atom is 0.125 e. The van der Waals surface area contributed by atoms with E-state index in [0.717, 1.165) is 18.0 Å². The Morgan fingerprint density at radius 2 is 1.59 bits per heavy atom. The van der Waals surface area contributed by atoms with Crippen molar-refractivity contribution in [2.24, 2.45) is 0 Å². The summed E-state index contributed by atoms with van der Waals surface area (Å²) in [7, 11) is 1.76. The van der Waals surface area contributed by atoms with E-state index in [1.807, 2.05) is 6.92 Å². The van der Waals surface area contributed by atoms with Crippen molar-refractivity contribution in [2.45, 2.75) is 33.1 Å². The number of allylic oxidation sites excluding steroid dienone is 4. The zero-order valence-corrected chi connectivity index (χ0v) is 20.4. The van der Waals surface area contributed by atoms with Gasteiger partial charge in [0.15, 0.2) is 0 Å². The molecular formula is C30H32N2O2. The lowest BCUT2D eigenvalue weighted by atomic mass is 9.74. The van der Waals surface area contributed by atoms with Crippen molar-refractivity contribution in [1.82, 2.24) is 0 Å². The van der Waals surface area contributed by atoms with Crippen molar-refractivity contribution in [1.29, 1.82) is 0 Å². The zero-order valence-electron chi connectivity index (χ0n) is 20.4. The number of aryl methyl sites for hydroxylation is 1. The summed E-state index contributed by atoms with van der Waals surface area (Å²) in [5.41, 5.74) is 11.0. The van der Waals surface area contributed by atoms with Crippen LogP contribution in [0.5, 0.6) is 5.75 Å². The van der Waals surface area contributed by atoms with Crippen LogP contribution < -0.4 is 14.5 Å². The molecule has 0 amide bonds. The first kappa shape index (κ1) is 22.3. The molecule has 2 aliphatic heterocycles. The van der Waals surface area contributed by atoms with E-state index in [0.29, 0.717) is 6.42 Å². The molecule has 3 aromatic carbocycles. The van der Waals surface area contributed by atoms with Crippen LogP contribution >= 0.6 is 0 Å². The lowest BCUT2D eigenvalue weighted by molar-refractivity contribution is 0.290. The minimum Gasteiger partial charge on any atom is -0.496 e. The average Bonchev–Trinajstić information content (AvgIpc) is 2.86. The van der Waals surface area contributed by atoms with Gasteiger partial charge < -0.3 is 19.6 Å². The monoisotopic (exact) mass is 452 g/mol. The van der Waals surface area contributed by atoms with Gasteiger partial charge in [0.25, 0.3) is 0 Å². The molecule has 1 unspecified atom stereocenters. The fraction of sp³-hybridized carbons (Fsp3) is 0.267. The molecule has 0 spiro atoms. The lowest BCUT2D eigenvalue weighted by Gasteiger charge is -2.46. The Hall–Kier alpha value is -3.50. The first-order valence-electron chi connectivity index (χ1n) is 12.0. The van der Waals surface area contributed by atoms with E-state index in [1.165, 1.54) is 45.0 Å². The van der Waals surface area contributed by atoms with Crippen molar-refractivity contribution in [2.75, 3.05) is 30.1 Å². The molecule has 0 saturated carbocycles. The molecule has 4 heteroatoms. The standard InChI is InChI=1S/C30H32N2O2/c1-5-6-12-21(3)32-24-15-7-11-20(2)27(24)30-28-22(13-8-16-25(28)32)31(18-10-19-33)23-14-9-17-26(34-4)29(23)30/h5-9,11-17,30,33H,10,18-19H2,1-4H3/b6-5-,21-12+. The number of benzene rings is 3. The molecule has 0 saturated heterocycles. The molecule has 2 heterocycles. The predicted octanol–water partition coefficient (Wildman–Crippen LogP) is 6.95. The van der Waals surface area contributed by atoms with E-state index in [2.05, 4.69) is 96.5 Å². The highest BCUT2D eigenvalue weighted by Gasteiger charge is 2.42. The highest BCUT2D eigenvalue weighted by Crippen LogP contribution is 2.60. The zero-order chi connectivity index (χ0) is 23.8. The molecule has 0 aliphatic carbocycles. The van der Waals surface area contributed by atoms with Gasteiger partial charge in [0.2, 0.25) is 0 Å². The van der Waals surface area contributed by atoms with Crippen LogP contribution in [0.1, 0.15) is 48.4 Å². The second kappa shape index (κ2) is 9.03. The van der Waals surface area contributed by atoms with Crippen molar-refractivity contribution in [3.05, 3.63) is 101 Å². The Morgan fingerprint density at radius 1 is 0.941 bits per heavy atom. The SMILES string of the molecule is C/C=C\C=C(/C)N1c2cccc(C)c2C2c3c(OC)cccc3N(CCCO)c3cccc1c32. The Morgan fingerprint density at radius 3 is 2.29 bits per heavy atom. The van der Waals surface area contributed by atoms with Crippen molar-refractivity contribution in [3.63, 3.8) is 0 Å². The van der Waals surface area contributed by atoms with Gasteiger partial charge in [-0.2, -0.15) is 0 Å². The maximum absolute atomic E-state index is 9.65. The van der Waals surface area contributed by atoms with Crippen LogP contribution in [-0.4, -0.2) is 25.4 Å². The Bertz CT molecular complexity index is 1290. The van der Waals surface area contributed by atoms with Crippen LogP contribution in [0.4, 0.5) is 22.7 Å². The van der Waals surface area contributed by atoms with E-state index in [9.17, 15) is 5.11 Å². The summed E-state index contributed by atoms with van der Waals surface area (Å²) in [6.07, 6.45) is 7.03. The predicted molar refractivity (Wildman–Crippen MR) is 141 cm³/mol. The molecule has 3 aromatic rings. The van der Waals surface area contributed by atoms with E-state index in [4.69, 9.17) is 4.74 Å². The number of rotatable bonds is 6. The first-order chi connectivity index (χ1) is 16.6. The molecule has 0 aromatic heterocycles. The molecule has 4 nitrogen and oxygen atoms in total. The number of hydrogen-bond acceptors (Lipinski definition) is 4. The number of ether oxygens (including phenoxy) is 1. The Kier molecular flexibility index (Phi) is 5.93. The van der Waals surface area contributed by atoms with E-state index < -0.39 is 0 Å². The number of aliphatic hydroxyl groups is 1. The fourth-order valence-corrected chi connectivity index (χ4v) is 5.59. The fourth-order valence-electron chi connectivity index (χ4n) is 5.59. The second-order valence-corrected chi connectivity index (χ2v) is 8.94. The largest absolute Gasteiger partial charge is 0.496 e. The number of hydrogen-bond donors (Lipinski definition) is 1. The summed E-state index contributed by atoms with van der Waals surface area (Å²) >= 11 is 0. The highest BCUT2D eigenvalue weighted by molar-refractivity contribution is 5.92. The van der Waals surface area contributed by atoms with Gasteiger partial charge in [-0.1, -0.05) is 36.4 Å². The Balaban J connectivity index is 1.87. The van der Waals surface area contributed by atoms with Gasteiger partial charge in [-0.05, 0) is 74.7 Å². The van der Waals surface area contributed by atoms with Crippen LogP contribution in [0.25, 0.3) is 0 Å². The minimum atomic E-state index is 0.0738. The molecule has 0 bridgehead atoms. The number of fused-ring (bicyclic) bond motifs is 4. The minimum absolute atomic E-state index is 0.0738. The van der Waals surface area contributed by atoms with Gasteiger partial charge in [-0.15, -0.1) is 0 Å². The molecule has 5 rings (SSSR count). The molecule has 34 heavy (non-hydrogen) atoms. The van der Waals surface area contributed by atoms with Crippen LogP contribution in [-0.2, 0) is 0 Å². The molecular weight excluding hydrogens is 420 g/mol. The molecule has 0 radical (unpaired) electrons. The van der Waals surface area contributed by atoms with Gasteiger partial charge in [0, 0.05) is 47.3 Å². The van der Waals surface area contributed by atoms with E-state index in [1.54, 1.807) is 7.11 Å². The highest BCUT2D eigenvalue weighted by atomic mass is 16.5. The van der Waals surface area contributed by atoms with E-state index in [-0.39, 0.29) is 12.5 Å². The quantitative estimate of drug-likeness (QED) is 0.411. The third kappa shape index (κ3) is 3.33. The topological polar surface area (TPSA) is 35.9 Å². The third-order valence-electron chi connectivity index (χ3n) is 6.98. The molecule has 2 aliphatic rings. The summed E-state index contributed by atoms with van der Waals surface area (Å²) in [5, 5.41) is 9.65. The van der Waals surface area contributed by atoms with Crippen LogP contribution in [0.2, 0.25) is 0 Å². The molecule has 1 N–H and O–H groups in total. The normalized spacial score (nSPS) is 16.4. The molecule has 1 atom stereocenters. The summed E-state index contributed by atoms with van der Waals surface area (Å²) in [5.74, 6) is 0.977. The van der Waals surface area contributed by atoms with Crippen molar-refractivity contribution < 1.29 is 9.84 Å². The van der Waals surface area contributed by atoms with Crippen LogP contribution in [0.15, 0.2) is 78.5 Å². The second-order valence-electron chi connectivity index (χ2n) is 8.94. The Labute approximate surface area is 202 Å². The van der Waals surface area contributed by atoms with Gasteiger partial charge in [0.05, 0.1) is 18.5 Å². The molecule has 0 fully saturated rings. The number of methoxy groups -OCH3 is 1. The lowest BCUT2D eigenvalue weighted by Crippen LogP contribution is -2.33. The third-order valence-corrected chi connectivity index (χ3v) is 6.98. The smallest absolute Gasteiger partial charge is 0.125 e. The van der Waals surface area contributed by atoms with Crippen LogP contribution in [0, 0.1) is 6.92 Å². The summed E-state index contributed by atoms with van der Waals surface area (Å²) < 4.78 is 5.95. The number of nitrogens with zero attached hydrogens (tertiary/aromatic N) is 2. The number of anilines is 4. The van der Waals surface area contributed by atoms with Gasteiger partial charge in [-0.3, -0.25) is 0 Å². The number of aliphatic hydroxyl groups excluding tert-OH is 1. The summed E-state index contributed by atoms with van der Waals surface area (Å²) in [4.78, 5) is 4.75. The summed E-state index contributed by atoms with van der Waals surface area (Å²) in [6.45, 7) is 7.33. The maximum atomic E-state index is 9.65. The summed E-state index contributed by atoms with van der Waals surface area (Å²) in [6, 6.07) is 19.5. The van der Waals surface area contributed by atoms with Crippen molar-refractivity contribution in [3.8, 4) is 5.75 Å².